The van der Waals surface area contributed by atoms with Crippen LogP contribution in [-0.2, 0) is 16.0 Å². The fourth-order valence-corrected chi connectivity index (χ4v) is 1.89. The SMILES string of the molecule is COC(C)(C)Cc1ccc(C(N)CCC(=O)O)cc1. The van der Waals surface area contributed by atoms with E-state index in [2.05, 4.69) is 0 Å². The second-order valence-corrected chi connectivity index (χ2v) is 5.42. The Labute approximate surface area is 114 Å². The molecule has 1 atom stereocenters. The zero-order valence-corrected chi connectivity index (χ0v) is 11.8. The van der Waals surface area contributed by atoms with E-state index in [1.54, 1.807) is 7.11 Å². The van der Waals surface area contributed by atoms with Gasteiger partial charge in [0.15, 0.2) is 0 Å². The fraction of sp³-hybridized carbons (Fsp3) is 0.533. The smallest absolute Gasteiger partial charge is 0.303 e. The number of carboxylic acid groups (broad SMARTS) is 1. The Bertz CT molecular complexity index is 412. The van der Waals surface area contributed by atoms with Crippen LogP contribution in [0.3, 0.4) is 0 Å². The highest BCUT2D eigenvalue weighted by molar-refractivity contribution is 5.66. The number of benzene rings is 1. The molecule has 0 spiro atoms. The van der Waals surface area contributed by atoms with Gasteiger partial charge in [-0.1, -0.05) is 24.3 Å². The summed E-state index contributed by atoms with van der Waals surface area (Å²) in [6.45, 7) is 4.08. The lowest BCUT2D eigenvalue weighted by Gasteiger charge is -2.23. The summed E-state index contributed by atoms with van der Waals surface area (Å²) < 4.78 is 5.39. The van der Waals surface area contributed by atoms with Gasteiger partial charge in [-0.15, -0.1) is 0 Å². The quantitative estimate of drug-likeness (QED) is 0.794. The molecular weight excluding hydrogens is 242 g/mol. The van der Waals surface area contributed by atoms with Crippen molar-refractivity contribution in [2.45, 2.75) is 44.8 Å². The first kappa shape index (κ1) is 15.7. The maximum atomic E-state index is 10.5. The van der Waals surface area contributed by atoms with Crippen LogP contribution < -0.4 is 5.73 Å². The van der Waals surface area contributed by atoms with Gasteiger partial charge < -0.3 is 15.6 Å². The third-order valence-electron chi connectivity index (χ3n) is 3.26. The van der Waals surface area contributed by atoms with Gasteiger partial charge in [-0.3, -0.25) is 4.79 Å². The van der Waals surface area contributed by atoms with Crippen LogP contribution in [0.15, 0.2) is 24.3 Å². The molecule has 0 heterocycles. The van der Waals surface area contributed by atoms with Crippen molar-refractivity contribution in [1.29, 1.82) is 0 Å². The Hall–Kier alpha value is -1.39. The third kappa shape index (κ3) is 5.41. The summed E-state index contributed by atoms with van der Waals surface area (Å²) >= 11 is 0. The van der Waals surface area contributed by atoms with Crippen LogP contribution in [-0.4, -0.2) is 23.8 Å². The van der Waals surface area contributed by atoms with Crippen molar-refractivity contribution < 1.29 is 14.6 Å². The van der Waals surface area contributed by atoms with Gasteiger partial charge in [0.1, 0.15) is 0 Å². The van der Waals surface area contributed by atoms with Gasteiger partial charge in [-0.2, -0.15) is 0 Å². The molecule has 0 fully saturated rings. The molecule has 4 nitrogen and oxygen atoms in total. The number of carboxylic acids is 1. The lowest BCUT2D eigenvalue weighted by atomic mass is 9.95. The van der Waals surface area contributed by atoms with E-state index in [9.17, 15) is 4.79 Å². The molecule has 3 N–H and O–H groups in total. The van der Waals surface area contributed by atoms with Gasteiger partial charge in [0, 0.05) is 26.0 Å². The average molecular weight is 265 g/mol. The number of ether oxygens (including phenoxy) is 1. The van der Waals surface area contributed by atoms with Gasteiger partial charge in [-0.05, 0) is 31.4 Å². The topological polar surface area (TPSA) is 72.5 Å². The summed E-state index contributed by atoms with van der Waals surface area (Å²) in [5.74, 6) is -0.811. The zero-order valence-electron chi connectivity index (χ0n) is 11.8. The van der Waals surface area contributed by atoms with Crippen LogP contribution in [0.4, 0.5) is 0 Å². The second kappa shape index (κ2) is 6.68. The predicted molar refractivity (Wildman–Crippen MR) is 75.0 cm³/mol. The molecule has 0 aliphatic heterocycles. The van der Waals surface area contributed by atoms with E-state index in [-0.39, 0.29) is 18.1 Å². The molecule has 0 aliphatic rings. The second-order valence-electron chi connectivity index (χ2n) is 5.42. The highest BCUT2D eigenvalue weighted by Crippen LogP contribution is 2.20. The first-order chi connectivity index (χ1) is 8.84. The lowest BCUT2D eigenvalue weighted by molar-refractivity contribution is -0.137. The molecule has 1 unspecified atom stereocenters. The van der Waals surface area contributed by atoms with E-state index >= 15 is 0 Å². The standard InChI is InChI=1S/C15H23NO3/c1-15(2,19-3)10-11-4-6-12(7-5-11)13(16)8-9-14(17)18/h4-7,13H,8-10,16H2,1-3H3,(H,17,18). The minimum Gasteiger partial charge on any atom is -0.481 e. The maximum absolute atomic E-state index is 10.5. The number of carbonyl (C=O) groups is 1. The third-order valence-corrected chi connectivity index (χ3v) is 3.26. The molecule has 0 saturated carbocycles. The number of nitrogens with two attached hydrogens (primary N) is 1. The van der Waals surface area contributed by atoms with Crippen molar-refractivity contribution in [2.75, 3.05) is 7.11 Å². The first-order valence-corrected chi connectivity index (χ1v) is 6.45. The largest absolute Gasteiger partial charge is 0.481 e. The first-order valence-electron chi connectivity index (χ1n) is 6.45. The highest BCUT2D eigenvalue weighted by Gasteiger charge is 2.17. The van der Waals surface area contributed by atoms with E-state index < -0.39 is 5.97 Å². The zero-order chi connectivity index (χ0) is 14.5. The Morgan fingerprint density at radius 2 is 1.95 bits per heavy atom. The normalized spacial score (nSPS) is 13.3. The summed E-state index contributed by atoms with van der Waals surface area (Å²) in [7, 11) is 1.70. The summed E-state index contributed by atoms with van der Waals surface area (Å²) in [5, 5.41) is 8.64. The molecule has 0 saturated heterocycles. The fourth-order valence-electron chi connectivity index (χ4n) is 1.89. The molecule has 106 valence electrons. The van der Waals surface area contributed by atoms with Crippen LogP contribution in [0.2, 0.25) is 0 Å². The van der Waals surface area contributed by atoms with Crippen molar-refractivity contribution in [3.8, 4) is 0 Å². The summed E-state index contributed by atoms with van der Waals surface area (Å²) in [4.78, 5) is 10.5. The van der Waals surface area contributed by atoms with Crippen molar-refractivity contribution in [3.05, 3.63) is 35.4 Å². The number of methoxy groups -OCH3 is 1. The Morgan fingerprint density at radius 1 is 1.37 bits per heavy atom. The molecule has 0 aromatic heterocycles. The summed E-state index contributed by atoms with van der Waals surface area (Å²) in [5.41, 5.74) is 7.93. The van der Waals surface area contributed by atoms with Gasteiger partial charge in [0.05, 0.1) is 5.60 Å². The van der Waals surface area contributed by atoms with Crippen LogP contribution >= 0.6 is 0 Å². The molecule has 0 aliphatic carbocycles. The Morgan fingerprint density at radius 3 is 2.42 bits per heavy atom. The van der Waals surface area contributed by atoms with Crippen molar-refractivity contribution >= 4 is 5.97 Å². The maximum Gasteiger partial charge on any atom is 0.303 e. The van der Waals surface area contributed by atoms with Crippen LogP contribution in [0, 0.1) is 0 Å². The molecule has 19 heavy (non-hydrogen) atoms. The molecule has 0 bridgehead atoms. The minimum absolute atomic E-state index is 0.0968. The number of aliphatic carboxylic acids is 1. The number of hydrogen-bond acceptors (Lipinski definition) is 3. The summed E-state index contributed by atoms with van der Waals surface area (Å²) in [6.07, 6.45) is 1.38. The average Bonchev–Trinajstić information content (AvgIpc) is 2.36. The number of rotatable bonds is 7. The molecule has 1 rings (SSSR count). The lowest BCUT2D eigenvalue weighted by Crippen LogP contribution is -2.25. The van der Waals surface area contributed by atoms with Gasteiger partial charge >= 0.3 is 5.97 Å². The van der Waals surface area contributed by atoms with E-state index in [1.807, 2.05) is 38.1 Å². The molecular formula is C15H23NO3. The predicted octanol–water partition coefficient (Wildman–Crippen LogP) is 2.52. The number of hydrogen-bond donors (Lipinski definition) is 2. The van der Waals surface area contributed by atoms with Gasteiger partial charge in [0.25, 0.3) is 0 Å². The molecule has 0 radical (unpaired) electrons. The molecule has 4 heteroatoms. The van der Waals surface area contributed by atoms with Crippen molar-refractivity contribution in [1.82, 2.24) is 0 Å². The van der Waals surface area contributed by atoms with E-state index in [4.69, 9.17) is 15.6 Å². The van der Waals surface area contributed by atoms with Crippen LogP contribution in [0.25, 0.3) is 0 Å². The van der Waals surface area contributed by atoms with E-state index in [0.717, 1.165) is 12.0 Å². The molecule has 1 aromatic rings. The van der Waals surface area contributed by atoms with Gasteiger partial charge in [0.2, 0.25) is 0 Å². The van der Waals surface area contributed by atoms with E-state index in [1.165, 1.54) is 5.56 Å². The Kier molecular flexibility index (Phi) is 5.51. The van der Waals surface area contributed by atoms with Crippen LogP contribution in [0.1, 0.15) is 43.9 Å². The molecule has 1 aromatic carbocycles. The summed E-state index contributed by atoms with van der Waals surface area (Å²) in [6, 6.07) is 7.76. The highest BCUT2D eigenvalue weighted by atomic mass is 16.5. The monoisotopic (exact) mass is 265 g/mol. The minimum atomic E-state index is -0.811. The van der Waals surface area contributed by atoms with Crippen molar-refractivity contribution in [3.63, 3.8) is 0 Å². The Balaban J connectivity index is 2.63. The van der Waals surface area contributed by atoms with Crippen molar-refractivity contribution in [2.24, 2.45) is 5.73 Å². The van der Waals surface area contributed by atoms with E-state index in [0.29, 0.717) is 6.42 Å². The van der Waals surface area contributed by atoms with Gasteiger partial charge in [-0.25, -0.2) is 0 Å². The van der Waals surface area contributed by atoms with Crippen LogP contribution in [0.5, 0.6) is 0 Å². The molecule has 0 amide bonds.